The van der Waals surface area contributed by atoms with Crippen LogP contribution in [0.15, 0.2) is 0 Å². The van der Waals surface area contributed by atoms with Crippen LogP contribution >= 0.6 is 21.6 Å². The summed E-state index contributed by atoms with van der Waals surface area (Å²) in [7, 11) is 3.57. The molecule has 0 fully saturated rings. The number of rotatable bonds is 15. The van der Waals surface area contributed by atoms with E-state index in [1.54, 1.807) is 21.6 Å². The lowest BCUT2D eigenvalue weighted by atomic mass is 10.1. The van der Waals surface area contributed by atoms with Crippen molar-refractivity contribution in [2.24, 2.45) is 5.92 Å². The summed E-state index contributed by atoms with van der Waals surface area (Å²) in [5, 5.41) is 0. The quantitative estimate of drug-likeness (QED) is 0.337. The Morgan fingerprint density at radius 2 is 1.43 bits per heavy atom. The monoisotopic (exact) mass is 338 g/mol. The van der Waals surface area contributed by atoms with Gasteiger partial charge in [0, 0.05) is 23.8 Å². The zero-order valence-corrected chi connectivity index (χ0v) is 15.4. The fourth-order valence-corrected chi connectivity index (χ4v) is 3.03. The van der Waals surface area contributed by atoms with E-state index >= 15 is 0 Å². The van der Waals surface area contributed by atoms with Crippen LogP contribution in [0.25, 0.3) is 0 Å². The minimum absolute atomic E-state index is 0.115. The standard InChI is InChI=1S/C15H30O4S2/c1-13(2)15(16)5-6-17-9-11-20-21-12-10-18-7-8-19-14(3)4/h13-14H,5-12H2,1-4H3. The van der Waals surface area contributed by atoms with E-state index in [0.717, 1.165) is 18.1 Å². The van der Waals surface area contributed by atoms with Crippen molar-refractivity contribution in [2.45, 2.75) is 40.2 Å². The SMILES string of the molecule is CC(C)OCCOCCSSCCOCCC(=O)C(C)C. The summed E-state index contributed by atoms with van der Waals surface area (Å²) in [6.07, 6.45) is 0.802. The Hall–Kier alpha value is 0.250. The van der Waals surface area contributed by atoms with E-state index in [1.807, 2.05) is 27.7 Å². The summed E-state index contributed by atoms with van der Waals surface area (Å²) in [5.41, 5.74) is 0. The van der Waals surface area contributed by atoms with Gasteiger partial charge in [-0.3, -0.25) is 4.79 Å². The molecule has 0 aliphatic carbocycles. The van der Waals surface area contributed by atoms with Gasteiger partial charge in [-0.15, -0.1) is 0 Å². The number of Topliss-reactive ketones (excluding diaryl/α,β-unsaturated/α-hetero) is 1. The molecule has 0 atom stereocenters. The van der Waals surface area contributed by atoms with Crippen LogP contribution in [0.5, 0.6) is 0 Å². The Kier molecular flexibility index (Phi) is 15.3. The first-order chi connectivity index (χ1) is 10.0. The van der Waals surface area contributed by atoms with Crippen molar-refractivity contribution in [2.75, 3.05) is 44.5 Å². The van der Waals surface area contributed by atoms with Crippen LogP contribution in [0.2, 0.25) is 0 Å². The first kappa shape index (κ1) is 21.2. The molecule has 21 heavy (non-hydrogen) atoms. The highest BCUT2D eigenvalue weighted by Crippen LogP contribution is 2.20. The number of ketones is 1. The van der Waals surface area contributed by atoms with E-state index in [-0.39, 0.29) is 17.8 Å². The predicted octanol–water partition coefficient (Wildman–Crippen LogP) is 3.44. The van der Waals surface area contributed by atoms with Gasteiger partial charge < -0.3 is 14.2 Å². The van der Waals surface area contributed by atoms with E-state index in [0.29, 0.717) is 32.8 Å². The third kappa shape index (κ3) is 16.4. The summed E-state index contributed by atoms with van der Waals surface area (Å²) in [6, 6.07) is 0. The molecule has 0 N–H and O–H groups in total. The number of carbonyl (C=O) groups excluding carboxylic acids is 1. The first-order valence-corrected chi connectivity index (χ1v) is 10.1. The molecule has 0 spiro atoms. The fraction of sp³-hybridized carbons (Fsp3) is 0.933. The van der Waals surface area contributed by atoms with Crippen molar-refractivity contribution in [3.05, 3.63) is 0 Å². The maximum Gasteiger partial charge on any atom is 0.137 e. The zero-order valence-electron chi connectivity index (χ0n) is 13.8. The van der Waals surface area contributed by atoms with E-state index in [9.17, 15) is 4.79 Å². The lowest BCUT2D eigenvalue weighted by Crippen LogP contribution is -2.11. The van der Waals surface area contributed by atoms with Crippen LogP contribution in [0, 0.1) is 5.92 Å². The van der Waals surface area contributed by atoms with Crippen LogP contribution in [0.1, 0.15) is 34.1 Å². The van der Waals surface area contributed by atoms with Gasteiger partial charge in [-0.05, 0) is 13.8 Å². The lowest BCUT2D eigenvalue weighted by Gasteiger charge is -2.08. The molecule has 0 rings (SSSR count). The van der Waals surface area contributed by atoms with E-state index in [4.69, 9.17) is 14.2 Å². The number of hydrogen-bond donors (Lipinski definition) is 0. The molecule has 0 amide bonds. The van der Waals surface area contributed by atoms with E-state index in [2.05, 4.69) is 0 Å². The summed E-state index contributed by atoms with van der Waals surface area (Å²) >= 11 is 0. The fourth-order valence-electron chi connectivity index (χ4n) is 1.31. The number of ether oxygens (including phenoxy) is 3. The van der Waals surface area contributed by atoms with Gasteiger partial charge in [-0.25, -0.2) is 0 Å². The van der Waals surface area contributed by atoms with Crippen LogP contribution in [0.4, 0.5) is 0 Å². The summed E-state index contributed by atoms with van der Waals surface area (Å²) < 4.78 is 16.3. The Labute approximate surface area is 137 Å². The average molecular weight is 339 g/mol. The second-order valence-electron chi connectivity index (χ2n) is 5.16. The van der Waals surface area contributed by atoms with Gasteiger partial charge in [0.1, 0.15) is 5.78 Å². The van der Waals surface area contributed by atoms with Crippen molar-refractivity contribution in [3.63, 3.8) is 0 Å². The zero-order chi connectivity index (χ0) is 15.9. The molecule has 0 aromatic heterocycles. The van der Waals surface area contributed by atoms with Crippen LogP contribution in [0.3, 0.4) is 0 Å². The smallest absolute Gasteiger partial charge is 0.137 e. The molecular weight excluding hydrogens is 308 g/mol. The van der Waals surface area contributed by atoms with Crippen molar-refractivity contribution < 1.29 is 19.0 Å². The van der Waals surface area contributed by atoms with Crippen LogP contribution < -0.4 is 0 Å². The Morgan fingerprint density at radius 3 is 1.95 bits per heavy atom. The molecule has 126 valence electrons. The predicted molar refractivity (Wildman–Crippen MR) is 92.1 cm³/mol. The summed E-state index contributed by atoms with van der Waals surface area (Å²) in [6.45, 7) is 11.2. The molecular formula is C15H30O4S2. The van der Waals surface area contributed by atoms with Gasteiger partial charge in [-0.2, -0.15) is 0 Å². The minimum Gasteiger partial charge on any atom is -0.380 e. The van der Waals surface area contributed by atoms with E-state index in [1.165, 1.54) is 0 Å². The molecule has 0 aliphatic heterocycles. The Balaban J connectivity index is 3.08. The molecule has 0 aromatic rings. The van der Waals surface area contributed by atoms with Crippen LogP contribution in [-0.2, 0) is 19.0 Å². The largest absolute Gasteiger partial charge is 0.380 e. The Bertz CT molecular complexity index is 248. The van der Waals surface area contributed by atoms with E-state index < -0.39 is 0 Å². The highest BCUT2D eigenvalue weighted by atomic mass is 33.1. The van der Waals surface area contributed by atoms with Crippen molar-refractivity contribution in [1.29, 1.82) is 0 Å². The minimum atomic E-state index is 0.115. The molecule has 0 unspecified atom stereocenters. The van der Waals surface area contributed by atoms with Crippen molar-refractivity contribution >= 4 is 27.4 Å². The molecule has 0 aliphatic rings. The molecule has 0 aromatic carbocycles. The molecule has 0 heterocycles. The first-order valence-electron chi connectivity index (χ1n) is 7.58. The third-order valence-electron chi connectivity index (χ3n) is 2.52. The topological polar surface area (TPSA) is 44.8 Å². The number of hydrogen-bond acceptors (Lipinski definition) is 6. The van der Waals surface area contributed by atoms with Gasteiger partial charge >= 0.3 is 0 Å². The molecule has 0 radical (unpaired) electrons. The maximum absolute atomic E-state index is 11.4. The molecule has 0 saturated carbocycles. The molecule has 0 saturated heterocycles. The average Bonchev–Trinajstić information content (AvgIpc) is 2.43. The summed E-state index contributed by atoms with van der Waals surface area (Å²) in [5.74, 6) is 2.30. The molecule has 4 nitrogen and oxygen atoms in total. The van der Waals surface area contributed by atoms with Gasteiger partial charge in [0.2, 0.25) is 0 Å². The molecule has 0 bridgehead atoms. The second kappa shape index (κ2) is 15.2. The van der Waals surface area contributed by atoms with Crippen molar-refractivity contribution in [3.8, 4) is 0 Å². The summed E-state index contributed by atoms with van der Waals surface area (Å²) in [4.78, 5) is 11.4. The highest BCUT2D eigenvalue weighted by molar-refractivity contribution is 8.76. The lowest BCUT2D eigenvalue weighted by molar-refractivity contribution is -0.122. The number of carbonyl (C=O) groups is 1. The van der Waals surface area contributed by atoms with Crippen LogP contribution in [-0.4, -0.2) is 56.4 Å². The highest BCUT2D eigenvalue weighted by Gasteiger charge is 2.05. The maximum atomic E-state index is 11.4. The third-order valence-corrected chi connectivity index (χ3v) is 4.85. The van der Waals surface area contributed by atoms with Gasteiger partial charge in [-0.1, -0.05) is 35.4 Å². The second-order valence-corrected chi connectivity index (χ2v) is 7.86. The molecule has 6 heteroatoms. The normalized spacial score (nSPS) is 11.5. The van der Waals surface area contributed by atoms with Gasteiger partial charge in [0.25, 0.3) is 0 Å². The Morgan fingerprint density at radius 1 is 0.857 bits per heavy atom. The van der Waals surface area contributed by atoms with Gasteiger partial charge in [0.15, 0.2) is 0 Å². The van der Waals surface area contributed by atoms with Crippen molar-refractivity contribution in [1.82, 2.24) is 0 Å². The van der Waals surface area contributed by atoms with Gasteiger partial charge in [0.05, 0.1) is 39.1 Å².